The first-order valence-corrected chi connectivity index (χ1v) is 23.9. The van der Waals surface area contributed by atoms with E-state index >= 15 is 0 Å². The predicted molar refractivity (Wildman–Crippen MR) is 239 cm³/mol. The second kappa shape index (κ2) is 16.7. The Morgan fingerprint density at radius 3 is 2.10 bits per heavy atom. The number of anilines is 1. The number of rotatable bonds is 14. The zero-order valence-corrected chi connectivity index (χ0v) is 36.7. The number of hydrogen-bond acceptors (Lipinski definition) is 7. The maximum absolute atomic E-state index is 12.7. The van der Waals surface area contributed by atoms with E-state index < -0.39 is 48.7 Å². The zero-order chi connectivity index (χ0) is 43.2. The van der Waals surface area contributed by atoms with Gasteiger partial charge in [0.2, 0.25) is 5.69 Å². The van der Waals surface area contributed by atoms with Gasteiger partial charge in [-0.25, -0.2) is 8.42 Å². The molecule has 0 amide bonds. The third-order valence-electron chi connectivity index (χ3n) is 12.3. The zero-order valence-electron chi connectivity index (χ0n) is 34.3. The van der Waals surface area contributed by atoms with Gasteiger partial charge in [-0.3, -0.25) is 9.35 Å². The number of unbranched alkanes of at least 4 members (excludes halogenated alkanes) is 2. The normalized spacial score (nSPS) is 20.3. The van der Waals surface area contributed by atoms with E-state index in [-0.39, 0.29) is 31.4 Å². The van der Waals surface area contributed by atoms with E-state index in [0.29, 0.717) is 42.1 Å². The molecule has 2 aliphatic heterocycles. The fourth-order valence-electron chi connectivity index (χ4n) is 9.46. The van der Waals surface area contributed by atoms with Crippen molar-refractivity contribution in [3.63, 3.8) is 0 Å². The standard InChI is InChI=1S/C47H51ClN2O8S2/c1-46(2)40(49(25-9-11-27-59(53,54)55)38-21-17-31-13-5-7-15-36(31)42(38)46)23-19-33-29-35(45(51)52)30-34(44(33)48)20-24-41-47(3,4)43-37-16-8-6-14-32(37)18-22-39(43)50(41)26-10-12-28-60(56,57)58/h5-8,13-24,35H,9-12,25-30H2,1-4H3,(H2-,51,52,53,54,55,56,57,58). The second-order valence-electron chi connectivity index (χ2n) is 17.1. The Morgan fingerprint density at radius 1 is 0.817 bits per heavy atom. The SMILES string of the molecule is CC1(C)C(/C=C/C2=C(Cl)C(=C/C=C3/N(CCCCS(=O)(=O)[O-])c4ccc5ccccc5c4C3(C)C)/CC(C(=O)O)C2)=[N+](CCCCS(=O)(=O)O)c2ccc3ccccc3c21. The van der Waals surface area contributed by atoms with Crippen molar-refractivity contribution < 1.29 is 40.4 Å². The maximum Gasteiger partial charge on any atom is 0.307 e. The lowest BCUT2D eigenvalue weighted by Gasteiger charge is -2.28. The molecule has 2 heterocycles. The molecule has 1 atom stereocenters. The Kier molecular flexibility index (Phi) is 12.1. The molecule has 316 valence electrons. The van der Waals surface area contributed by atoms with Gasteiger partial charge < -0.3 is 14.6 Å². The number of benzene rings is 4. The molecule has 10 nitrogen and oxygen atoms in total. The molecular weight excluding hydrogens is 820 g/mol. The largest absolute Gasteiger partial charge is 0.748 e. The molecule has 3 aliphatic rings. The van der Waals surface area contributed by atoms with Gasteiger partial charge in [0.15, 0.2) is 5.71 Å². The van der Waals surface area contributed by atoms with Crippen LogP contribution in [0.5, 0.6) is 0 Å². The van der Waals surface area contributed by atoms with Gasteiger partial charge in [0.1, 0.15) is 6.54 Å². The summed E-state index contributed by atoms with van der Waals surface area (Å²) in [5, 5.41) is 15.3. The van der Waals surface area contributed by atoms with Crippen LogP contribution in [0.15, 0.2) is 119 Å². The van der Waals surface area contributed by atoms with Gasteiger partial charge in [-0.2, -0.15) is 13.0 Å². The number of carboxylic acids is 1. The molecule has 1 aliphatic carbocycles. The molecule has 4 aromatic rings. The Balaban J connectivity index is 1.29. The molecule has 0 fully saturated rings. The van der Waals surface area contributed by atoms with E-state index in [9.17, 15) is 35.8 Å². The Labute approximate surface area is 357 Å². The Morgan fingerprint density at radius 2 is 1.45 bits per heavy atom. The summed E-state index contributed by atoms with van der Waals surface area (Å²) in [4.78, 5) is 14.9. The van der Waals surface area contributed by atoms with Crippen LogP contribution < -0.4 is 4.90 Å². The number of hydrogen-bond donors (Lipinski definition) is 2. The molecular formula is C47H51ClN2O8S2. The lowest BCUT2D eigenvalue weighted by molar-refractivity contribution is -0.438. The van der Waals surface area contributed by atoms with Crippen LogP contribution in [-0.2, 0) is 35.9 Å². The first-order chi connectivity index (χ1) is 28.3. The van der Waals surface area contributed by atoms with Crippen molar-refractivity contribution in [1.29, 1.82) is 0 Å². The molecule has 2 N–H and O–H groups in total. The number of fused-ring (bicyclic) bond motifs is 6. The highest BCUT2D eigenvalue weighted by Gasteiger charge is 2.46. The highest BCUT2D eigenvalue weighted by atomic mass is 35.5. The summed E-state index contributed by atoms with van der Waals surface area (Å²) in [6, 6.07) is 24.7. The smallest absolute Gasteiger partial charge is 0.307 e. The first-order valence-electron chi connectivity index (χ1n) is 20.3. The molecule has 0 bridgehead atoms. The summed E-state index contributed by atoms with van der Waals surface area (Å²) < 4.78 is 68.9. The number of carbonyl (C=O) groups is 1. The van der Waals surface area contributed by atoms with Gasteiger partial charge in [-0.1, -0.05) is 92.2 Å². The number of aliphatic carboxylic acids is 1. The summed E-state index contributed by atoms with van der Waals surface area (Å²) in [5.41, 5.74) is 6.58. The fraction of sp³-hybridized carbons (Fsp3) is 0.362. The number of nitrogens with zero attached hydrogens (tertiary/aromatic N) is 2. The van der Waals surface area contributed by atoms with E-state index in [1.807, 2.05) is 48.6 Å². The van der Waals surface area contributed by atoms with Crippen LogP contribution in [0.2, 0.25) is 0 Å². The fourth-order valence-corrected chi connectivity index (χ4v) is 10.9. The van der Waals surface area contributed by atoms with Crippen LogP contribution >= 0.6 is 11.6 Å². The van der Waals surface area contributed by atoms with Crippen LogP contribution in [0.25, 0.3) is 21.5 Å². The van der Waals surface area contributed by atoms with Crippen LogP contribution in [-0.4, -0.2) is 71.9 Å². The minimum atomic E-state index is -4.35. The second-order valence-corrected chi connectivity index (χ2v) is 20.6. The quantitative estimate of drug-likeness (QED) is 0.0716. The van der Waals surface area contributed by atoms with Crippen molar-refractivity contribution in [2.45, 2.75) is 77.0 Å². The lowest BCUT2D eigenvalue weighted by Crippen LogP contribution is -2.28. The summed E-state index contributed by atoms with van der Waals surface area (Å²) in [6.07, 6.45) is 9.82. The van der Waals surface area contributed by atoms with Crippen molar-refractivity contribution >= 4 is 76.4 Å². The molecule has 0 aromatic heterocycles. The van der Waals surface area contributed by atoms with Crippen molar-refractivity contribution in [3.05, 3.63) is 130 Å². The van der Waals surface area contributed by atoms with Crippen molar-refractivity contribution in [2.24, 2.45) is 5.92 Å². The molecule has 0 radical (unpaired) electrons. The van der Waals surface area contributed by atoms with Gasteiger partial charge in [0, 0.05) is 58.3 Å². The maximum atomic E-state index is 12.7. The summed E-state index contributed by atoms with van der Waals surface area (Å²) in [5.74, 6) is -2.41. The molecule has 0 spiro atoms. The number of allylic oxidation sites excluding steroid dienone is 8. The third-order valence-corrected chi connectivity index (χ3v) is 14.4. The van der Waals surface area contributed by atoms with E-state index in [1.165, 1.54) is 0 Å². The van der Waals surface area contributed by atoms with E-state index in [0.717, 1.165) is 55.5 Å². The Bertz CT molecular complexity index is 2780. The van der Waals surface area contributed by atoms with Crippen molar-refractivity contribution in [1.82, 2.24) is 0 Å². The monoisotopic (exact) mass is 870 g/mol. The van der Waals surface area contributed by atoms with E-state index in [4.69, 9.17) is 11.6 Å². The summed E-state index contributed by atoms with van der Waals surface area (Å²) in [7, 11) is -8.44. The molecule has 0 saturated carbocycles. The van der Waals surface area contributed by atoms with Crippen LogP contribution in [0.1, 0.15) is 77.3 Å². The van der Waals surface area contributed by atoms with Crippen molar-refractivity contribution in [2.75, 3.05) is 29.5 Å². The molecule has 60 heavy (non-hydrogen) atoms. The average molecular weight is 872 g/mol. The molecule has 13 heteroatoms. The van der Waals surface area contributed by atoms with Gasteiger partial charge in [0.05, 0.1) is 27.2 Å². The lowest BCUT2D eigenvalue weighted by atomic mass is 9.78. The minimum absolute atomic E-state index is 0.226. The topological polar surface area (TPSA) is 155 Å². The van der Waals surface area contributed by atoms with Gasteiger partial charge in [0.25, 0.3) is 10.1 Å². The Hall–Kier alpha value is -4.59. The van der Waals surface area contributed by atoms with E-state index in [2.05, 4.69) is 85.7 Å². The van der Waals surface area contributed by atoms with Gasteiger partial charge >= 0.3 is 5.97 Å². The van der Waals surface area contributed by atoms with Gasteiger partial charge in [-0.15, -0.1) is 0 Å². The molecule has 7 rings (SSSR count). The summed E-state index contributed by atoms with van der Waals surface area (Å²) >= 11 is 7.26. The number of halogens is 1. The predicted octanol–water partition coefficient (Wildman–Crippen LogP) is 9.51. The summed E-state index contributed by atoms with van der Waals surface area (Å²) in [6.45, 7) is 9.58. The van der Waals surface area contributed by atoms with Crippen LogP contribution in [0, 0.1) is 5.92 Å². The van der Waals surface area contributed by atoms with Crippen LogP contribution in [0.3, 0.4) is 0 Å². The van der Waals surface area contributed by atoms with Crippen LogP contribution in [0.4, 0.5) is 11.4 Å². The molecule has 1 unspecified atom stereocenters. The highest BCUT2D eigenvalue weighted by Crippen LogP contribution is 2.51. The average Bonchev–Trinajstić information content (AvgIpc) is 3.54. The van der Waals surface area contributed by atoms with Gasteiger partial charge in [-0.05, 0) is 102 Å². The minimum Gasteiger partial charge on any atom is -0.748 e. The van der Waals surface area contributed by atoms with Crippen molar-refractivity contribution in [3.8, 4) is 0 Å². The highest BCUT2D eigenvalue weighted by molar-refractivity contribution is 7.85. The third kappa shape index (κ3) is 8.76. The molecule has 0 saturated heterocycles. The molecule has 4 aromatic carbocycles. The van der Waals surface area contributed by atoms with E-state index in [1.54, 1.807) is 0 Å². The number of carboxylic acid groups (broad SMARTS) is 1. The first kappa shape index (κ1) is 43.5.